The summed E-state index contributed by atoms with van der Waals surface area (Å²) in [5.74, 6) is 0.307. The number of hydrogen-bond donors (Lipinski definition) is 2. The number of hydrogen-bond acceptors (Lipinski definition) is 8. The second-order valence-corrected chi connectivity index (χ2v) is 7.68. The van der Waals surface area contributed by atoms with Gasteiger partial charge in [-0.15, -0.1) is 0 Å². The molecule has 1 aliphatic rings. The van der Waals surface area contributed by atoms with Crippen molar-refractivity contribution in [3.63, 3.8) is 0 Å². The van der Waals surface area contributed by atoms with Crippen molar-refractivity contribution in [2.75, 3.05) is 5.32 Å². The van der Waals surface area contributed by atoms with E-state index in [1.165, 1.54) is 17.3 Å². The molecule has 0 bridgehead atoms. The lowest BCUT2D eigenvalue weighted by atomic mass is 10.0. The number of nitrogens with two attached hydrogens (primary N) is 1. The number of benzene rings is 1. The Morgan fingerprint density at radius 1 is 1.21 bits per heavy atom. The van der Waals surface area contributed by atoms with Crippen LogP contribution in [0.3, 0.4) is 0 Å². The third kappa shape index (κ3) is 4.01. The Balaban J connectivity index is 1.26. The molecule has 0 spiro atoms. The highest BCUT2D eigenvalue weighted by Crippen LogP contribution is 2.59. The normalized spacial score (nSPS) is 14.7. The third-order valence-electron chi connectivity index (χ3n) is 5.44. The first kappa shape index (κ1) is 21.7. The number of alkyl halides is 3. The Kier molecular flexibility index (Phi) is 5.12. The zero-order chi connectivity index (χ0) is 23.9. The second kappa shape index (κ2) is 8.02. The minimum Gasteiger partial charge on any atom is -0.439 e. The van der Waals surface area contributed by atoms with Gasteiger partial charge in [0.1, 0.15) is 17.5 Å². The summed E-state index contributed by atoms with van der Waals surface area (Å²) in [5.41, 5.74) is 4.71. The van der Waals surface area contributed by atoms with Crippen molar-refractivity contribution in [1.82, 2.24) is 19.9 Å². The van der Waals surface area contributed by atoms with E-state index in [4.69, 9.17) is 19.8 Å². The van der Waals surface area contributed by atoms with E-state index in [9.17, 15) is 18.0 Å². The molecule has 176 valence electrons. The Bertz CT molecular complexity index is 1360. The molecule has 0 unspecified atom stereocenters. The van der Waals surface area contributed by atoms with Gasteiger partial charge in [0.15, 0.2) is 11.6 Å². The molecule has 34 heavy (non-hydrogen) atoms. The third-order valence-corrected chi connectivity index (χ3v) is 5.44. The second-order valence-electron chi connectivity index (χ2n) is 7.68. The fourth-order valence-corrected chi connectivity index (χ4v) is 3.47. The van der Waals surface area contributed by atoms with Crippen LogP contribution < -0.4 is 20.6 Å². The summed E-state index contributed by atoms with van der Waals surface area (Å²) in [5, 5.41) is 6.47. The van der Waals surface area contributed by atoms with Crippen molar-refractivity contribution >= 4 is 22.8 Å². The SMILES string of the molecule is NCc1cc(Oc2ccc3c(ccn3OC(=O)Nc3cc(C4(C(F)(F)F)CC4)on3)c2)ncn1. The van der Waals surface area contributed by atoms with Crippen LogP contribution in [-0.4, -0.2) is 32.1 Å². The number of nitrogens with one attached hydrogen (secondary N) is 1. The van der Waals surface area contributed by atoms with Gasteiger partial charge in [0.25, 0.3) is 0 Å². The van der Waals surface area contributed by atoms with Gasteiger partial charge in [-0.3, -0.25) is 5.32 Å². The van der Waals surface area contributed by atoms with Gasteiger partial charge in [0.2, 0.25) is 5.88 Å². The van der Waals surface area contributed by atoms with Crippen molar-refractivity contribution in [3.8, 4) is 11.6 Å². The standard InChI is InChI=1S/C21H17F3N6O4/c22-21(23,24)20(4-5-20)16-9-17(29-33-16)28-19(31)34-30-6-3-12-7-14(1-2-15(12)30)32-18-8-13(10-25)26-11-27-18/h1-3,6-9,11H,4-5,10,25H2,(H,28,29,31). The number of ether oxygens (including phenoxy) is 1. The van der Waals surface area contributed by atoms with Gasteiger partial charge in [-0.25, -0.2) is 14.8 Å². The molecular weight excluding hydrogens is 457 g/mol. The number of carbonyl (C=O) groups is 1. The summed E-state index contributed by atoms with van der Waals surface area (Å²) in [7, 11) is 0. The molecule has 1 saturated carbocycles. The van der Waals surface area contributed by atoms with Crippen LogP contribution in [0.15, 0.2) is 53.4 Å². The average Bonchev–Trinajstić information content (AvgIpc) is 3.36. The summed E-state index contributed by atoms with van der Waals surface area (Å²) in [6.45, 7) is 0.249. The lowest BCUT2D eigenvalue weighted by Crippen LogP contribution is -2.28. The van der Waals surface area contributed by atoms with Crippen LogP contribution in [-0.2, 0) is 12.0 Å². The molecule has 0 radical (unpaired) electrons. The summed E-state index contributed by atoms with van der Waals surface area (Å²) in [6, 6.07) is 9.40. The van der Waals surface area contributed by atoms with E-state index >= 15 is 0 Å². The Morgan fingerprint density at radius 2 is 2.03 bits per heavy atom. The van der Waals surface area contributed by atoms with Gasteiger partial charge in [0, 0.05) is 30.3 Å². The Morgan fingerprint density at radius 3 is 2.76 bits per heavy atom. The van der Waals surface area contributed by atoms with Gasteiger partial charge in [-0.1, -0.05) is 5.16 Å². The topological polar surface area (TPSA) is 130 Å². The van der Waals surface area contributed by atoms with E-state index in [1.54, 1.807) is 30.3 Å². The molecule has 3 N–H and O–H groups in total. The van der Waals surface area contributed by atoms with Crippen molar-refractivity contribution in [3.05, 3.63) is 60.4 Å². The average molecular weight is 474 g/mol. The van der Waals surface area contributed by atoms with E-state index in [0.29, 0.717) is 28.2 Å². The Hall–Kier alpha value is -4.13. The summed E-state index contributed by atoms with van der Waals surface area (Å²) >= 11 is 0. The van der Waals surface area contributed by atoms with Crippen LogP contribution in [0.1, 0.15) is 24.3 Å². The van der Waals surface area contributed by atoms with Crippen molar-refractivity contribution in [1.29, 1.82) is 0 Å². The van der Waals surface area contributed by atoms with Crippen LogP contribution in [0.2, 0.25) is 0 Å². The number of rotatable bonds is 6. The van der Waals surface area contributed by atoms with Crippen molar-refractivity contribution in [2.45, 2.75) is 31.0 Å². The number of carbonyl (C=O) groups excluding carboxylic acids is 1. The first-order valence-electron chi connectivity index (χ1n) is 10.1. The zero-order valence-electron chi connectivity index (χ0n) is 17.4. The summed E-state index contributed by atoms with van der Waals surface area (Å²) < 4.78 is 51.4. The molecule has 1 aromatic carbocycles. The molecule has 5 rings (SSSR count). The highest BCUT2D eigenvalue weighted by Gasteiger charge is 2.66. The molecule has 13 heteroatoms. The largest absolute Gasteiger partial charge is 0.439 e. The summed E-state index contributed by atoms with van der Waals surface area (Å²) in [4.78, 5) is 25.5. The molecule has 0 saturated heterocycles. The minimum atomic E-state index is -4.45. The van der Waals surface area contributed by atoms with Gasteiger partial charge in [-0.05, 0) is 37.1 Å². The molecule has 1 fully saturated rings. The highest BCUT2D eigenvalue weighted by molar-refractivity contribution is 5.86. The van der Waals surface area contributed by atoms with Crippen LogP contribution >= 0.6 is 0 Å². The lowest BCUT2D eigenvalue weighted by molar-refractivity contribution is -0.165. The number of amides is 1. The van der Waals surface area contributed by atoms with Crippen molar-refractivity contribution in [2.24, 2.45) is 5.73 Å². The van der Waals surface area contributed by atoms with Crippen molar-refractivity contribution < 1.29 is 32.1 Å². The predicted octanol–water partition coefficient (Wildman–Crippen LogP) is 3.92. The van der Waals surface area contributed by atoms with E-state index in [0.717, 1.165) is 6.07 Å². The van der Waals surface area contributed by atoms with E-state index in [2.05, 4.69) is 20.4 Å². The number of nitrogens with zero attached hydrogens (tertiary/aromatic N) is 4. The molecule has 0 atom stereocenters. The van der Waals surface area contributed by atoms with Crippen LogP contribution in [0.25, 0.3) is 10.9 Å². The minimum absolute atomic E-state index is 0.0813. The molecule has 3 heterocycles. The molecule has 3 aromatic heterocycles. The number of anilines is 1. The number of fused-ring (bicyclic) bond motifs is 1. The van der Waals surface area contributed by atoms with Gasteiger partial charge >= 0.3 is 12.3 Å². The van der Waals surface area contributed by atoms with E-state index < -0.39 is 17.7 Å². The fraction of sp³-hybridized carbons (Fsp3) is 0.238. The molecule has 4 aromatic rings. The van der Waals surface area contributed by atoms with Gasteiger partial charge in [-0.2, -0.15) is 17.9 Å². The van der Waals surface area contributed by atoms with Crippen LogP contribution in [0.4, 0.5) is 23.8 Å². The smallest absolute Gasteiger partial charge is 0.437 e. The Labute approximate surface area is 189 Å². The highest BCUT2D eigenvalue weighted by atomic mass is 19.4. The first-order valence-corrected chi connectivity index (χ1v) is 10.1. The molecule has 0 aliphatic heterocycles. The molecule has 1 aliphatic carbocycles. The first-order chi connectivity index (χ1) is 16.3. The molecular formula is C21H17F3N6O4. The predicted molar refractivity (Wildman–Crippen MR) is 111 cm³/mol. The molecule has 10 nitrogen and oxygen atoms in total. The quantitative estimate of drug-likeness (QED) is 0.430. The monoisotopic (exact) mass is 474 g/mol. The van der Waals surface area contributed by atoms with Crippen LogP contribution in [0.5, 0.6) is 11.6 Å². The maximum Gasteiger partial charge on any atom is 0.437 e. The maximum absolute atomic E-state index is 13.2. The molecule has 1 amide bonds. The maximum atomic E-state index is 13.2. The zero-order valence-corrected chi connectivity index (χ0v) is 17.4. The summed E-state index contributed by atoms with van der Waals surface area (Å²) in [6.07, 6.45) is -2.71. The fourth-order valence-electron chi connectivity index (χ4n) is 3.47. The van der Waals surface area contributed by atoms with Crippen LogP contribution in [0, 0.1) is 0 Å². The number of aromatic nitrogens is 4. The van der Waals surface area contributed by atoms with Gasteiger partial charge in [0.05, 0.1) is 11.2 Å². The number of halogens is 3. The van der Waals surface area contributed by atoms with E-state index in [1.807, 2.05) is 0 Å². The van der Waals surface area contributed by atoms with Gasteiger partial charge < -0.3 is 19.8 Å². The van der Waals surface area contributed by atoms with E-state index in [-0.39, 0.29) is 31.0 Å². The lowest BCUT2D eigenvalue weighted by Gasteiger charge is -2.14.